The topological polar surface area (TPSA) is 55.9 Å². The summed E-state index contributed by atoms with van der Waals surface area (Å²) in [6.07, 6.45) is 5.98. The van der Waals surface area contributed by atoms with Crippen LogP contribution in [-0.2, 0) is 19.4 Å². The van der Waals surface area contributed by atoms with Crippen molar-refractivity contribution >= 4 is 11.8 Å². The van der Waals surface area contributed by atoms with Gasteiger partial charge in [0, 0.05) is 19.0 Å². The van der Waals surface area contributed by atoms with Gasteiger partial charge in [-0.3, -0.25) is 4.68 Å². The van der Waals surface area contributed by atoms with E-state index >= 15 is 0 Å². The molecule has 0 saturated heterocycles. The summed E-state index contributed by atoms with van der Waals surface area (Å²) in [5, 5.41) is 14.7. The van der Waals surface area contributed by atoms with Gasteiger partial charge in [0.15, 0.2) is 5.16 Å². The molecule has 0 aromatic carbocycles. The van der Waals surface area contributed by atoms with E-state index in [4.69, 9.17) is 5.11 Å². The summed E-state index contributed by atoms with van der Waals surface area (Å²) >= 11 is 1.64. The van der Waals surface area contributed by atoms with Crippen LogP contribution in [0, 0.1) is 0 Å². The first-order chi connectivity index (χ1) is 9.69. The Labute approximate surface area is 124 Å². The Balaban J connectivity index is 1.99. The van der Waals surface area contributed by atoms with Gasteiger partial charge in [0.05, 0.1) is 30.2 Å². The molecule has 2 aromatic heterocycles. The van der Waals surface area contributed by atoms with Gasteiger partial charge in [-0.25, -0.2) is 4.98 Å². The Kier molecular flexibility index (Phi) is 5.25. The molecule has 0 aliphatic carbocycles. The first kappa shape index (κ1) is 15.1. The van der Waals surface area contributed by atoms with Crippen LogP contribution < -0.4 is 0 Å². The molecule has 0 amide bonds. The zero-order valence-electron chi connectivity index (χ0n) is 12.3. The summed E-state index contributed by atoms with van der Waals surface area (Å²) in [5.74, 6) is 0.795. The maximum atomic E-state index is 9.15. The van der Waals surface area contributed by atoms with E-state index in [0.29, 0.717) is 6.04 Å². The van der Waals surface area contributed by atoms with Crippen molar-refractivity contribution in [2.75, 3.05) is 0 Å². The Hall–Kier alpha value is -1.27. The summed E-state index contributed by atoms with van der Waals surface area (Å²) in [6, 6.07) is 2.56. The van der Waals surface area contributed by atoms with E-state index in [1.807, 2.05) is 11.6 Å². The number of hydrogen-bond acceptors (Lipinski definition) is 4. The van der Waals surface area contributed by atoms with Crippen molar-refractivity contribution in [2.24, 2.45) is 7.05 Å². The second-order valence-electron chi connectivity index (χ2n) is 4.80. The lowest BCUT2D eigenvalue weighted by Crippen LogP contribution is -2.07. The highest BCUT2D eigenvalue weighted by molar-refractivity contribution is 7.98. The van der Waals surface area contributed by atoms with Gasteiger partial charge in [-0.2, -0.15) is 5.10 Å². The van der Waals surface area contributed by atoms with Crippen LogP contribution in [0.1, 0.15) is 44.1 Å². The van der Waals surface area contributed by atoms with Gasteiger partial charge >= 0.3 is 0 Å². The Bertz CT molecular complexity index is 545. The smallest absolute Gasteiger partial charge is 0.168 e. The van der Waals surface area contributed by atoms with Crippen LogP contribution in [0.4, 0.5) is 0 Å². The molecule has 5 nitrogen and oxygen atoms in total. The normalized spacial score (nSPS) is 11.4. The molecule has 0 bridgehead atoms. The van der Waals surface area contributed by atoms with Crippen molar-refractivity contribution in [3.05, 3.63) is 29.8 Å². The van der Waals surface area contributed by atoms with Crippen molar-refractivity contribution in [1.82, 2.24) is 19.3 Å². The highest BCUT2D eigenvalue weighted by Gasteiger charge is 2.10. The van der Waals surface area contributed by atoms with Crippen LogP contribution in [0.5, 0.6) is 0 Å². The average molecular weight is 294 g/mol. The highest BCUT2D eigenvalue weighted by Crippen LogP contribution is 2.22. The minimum Gasteiger partial charge on any atom is -0.390 e. The predicted molar refractivity (Wildman–Crippen MR) is 80.5 cm³/mol. The molecule has 110 valence electrons. The van der Waals surface area contributed by atoms with Crippen LogP contribution in [0.3, 0.4) is 0 Å². The lowest BCUT2D eigenvalue weighted by atomic mass is 10.2. The molecular weight excluding hydrogens is 272 g/mol. The number of aromatic nitrogens is 4. The third-order valence-electron chi connectivity index (χ3n) is 3.53. The molecule has 0 radical (unpaired) electrons. The molecule has 0 saturated carbocycles. The molecule has 1 N–H and O–H groups in total. The fraction of sp³-hybridized carbons (Fsp3) is 0.571. The molecular formula is C14H22N4OS. The monoisotopic (exact) mass is 294 g/mol. The van der Waals surface area contributed by atoms with Crippen molar-refractivity contribution in [3.63, 3.8) is 0 Å². The van der Waals surface area contributed by atoms with Crippen molar-refractivity contribution < 1.29 is 5.11 Å². The van der Waals surface area contributed by atoms with E-state index in [0.717, 1.165) is 35.1 Å². The standard InChI is InChI=1S/C14H22N4OS/c1-4-12(5-2)18-7-6-11(16-18)10-20-14-15-8-13(9-19)17(14)3/h6-8,12,19H,4-5,9-10H2,1-3H3. The maximum absolute atomic E-state index is 9.15. The molecule has 2 heterocycles. The largest absolute Gasteiger partial charge is 0.390 e. The summed E-state index contributed by atoms with van der Waals surface area (Å²) in [5.41, 5.74) is 1.89. The quantitative estimate of drug-likeness (QED) is 0.798. The summed E-state index contributed by atoms with van der Waals surface area (Å²) in [6.45, 7) is 4.40. The third kappa shape index (κ3) is 3.24. The molecule has 0 atom stereocenters. The first-order valence-corrected chi connectivity index (χ1v) is 7.96. The zero-order chi connectivity index (χ0) is 14.5. The first-order valence-electron chi connectivity index (χ1n) is 6.97. The zero-order valence-corrected chi connectivity index (χ0v) is 13.1. The summed E-state index contributed by atoms with van der Waals surface area (Å²) in [4.78, 5) is 4.31. The Morgan fingerprint density at radius 1 is 1.35 bits per heavy atom. The minimum atomic E-state index is 0.0212. The highest BCUT2D eigenvalue weighted by atomic mass is 32.2. The maximum Gasteiger partial charge on any atom is 0.168 e. The molecule has 0 fully saturated rings. The van der Waals surface area contributed by atoms with Gasteiger partial charge < -0.3 is 9.67 Å². The average Bonchev–Trinajstić information content (AvgIpc) is 3.05. The van der Waals surface area contributed by atoms with Crippen LogP contribution in [0.2, 0.25) is 0 Å². The molecule has 20 heavy (non-hydrogen) atoms. The Morgan fingerprint density at radius 2 is 2.10 bits per heavy atom. The number of hydrogen-bond donors (Lipinski definition) is 1. The molecule has 0 aliphatic rings. The molecule has 0 unspecified atom stereocenters. The van der Waals surface area contributed by atoms with Crippen LogP contribution in [0.25, 0.3) is 0 Å². The predicted octanol–water partition coefficient (Wildman–Crippen LogP) is 2.76. The number of aliphatic hydroxyl groups is 1. The fourth-order valence-corrected chi connectivity index (χ4v) is 3.03. The SMILES string of the molecule is CCC(CC)n1ccc(CSc2ncc(CO)n2C)n1. The van der Waals surface area contributed by atoms with Gasteiger partial charge in [-0.1, -0.05) is 25.6 Å². The van der Waals surface area contributed by atoms with Crippen LogP contribution >= 0.6 is 11.8 Å². The third-order valence-corrected chi connectivity index (χ3v) is 4.61. The summed E-state index contributed by atoms with van der Waals surface area (Å²) < 4.78 is 3.98. The van der Waals surface area contributed by atoms with E-state index in [1.54, 1.807) is 18.0 Å². The lowest BCUT2D eigenvalue weighted by Gasteiger charge is -2.12. The second kappa shape index (κ2) is 6.95. The number of rotatable bonds is 7. The van der Waals surface area contributed by atoms with E-state index in [1.165, 1.54) is 0 Å². The number of aliphatic hydroxyl groups excluding tert-OH is 1. The van der Waals surface area contributed by atoms with Gasteiger partial charge in [0.2, 0.25) is 0 Å². The van der Waals surface area contributed by atoms with Crippen molar-refractivity contribution in [1.29, 1.82) is 0 Å². The minimum absolute atomic E-state index is 0.0212. The van der Waals surface area contributed by atoms with E-state index in [9.17, 15) is 0 Å². The fourth-order valence-electron chi connectivity index (χ4n) is 2.17. The molecule has 0 aliphatic heterocycles. The Morgan fingerprint density at radius 3 is 2.70 bits per heavy atom. The van der Waals surface area contributed by atoms with Crippen LogP contribution in [-0.4, -0.2) is 24.4 Å². The molecule has 6 heteroatoms. The molecule has 0 spiro atoms. The number of nitrogens with zero attached hydrogens (tertiary/aromatic N) is 4. The van der Waals surface area contributed by atoms with Crippen LogP contribution in [0.15, 0.2) is 23.6 Å². The van der Waals surface area contributed by atoms with Gasteiger partial charge in [-0.05, 0) is 18.9 Å². The number of thioether (sulfide) groups is 1. The van der Waals surface area contributed by atoms with Gasteiger partial charge in [-0.15, -0.1) is 0 Å². The second-order valence-corrected chi connectivity index (χ2v) is 5.74. The molecule has 2 aromatic rings. The van der Waals surface area contributed by atoms with E-state index in [-0.39, 0.29) is 6.61 Å². The lowest BCUT2D eigenvalue weighted by molar-refractivity contribution is 0.271. The van der Waals surface area contributed by atoms with Gasteiger partial charge in [0.25, 0.3) is 0 Å². The van der Waals surface area contributed by atoms with Crippen molar-refractivity contribution in [2.45, 2.75) is 50.2 Å². The summed E-state index contributed by atoms with van der Waals surface area (Å²) in [7, 11) is 1.92. The number of imidazole rings is 1. The van der Waals surface area contributed by atoms with Crippen molar-refractivity contribution in [3.8, 4) is 0 Å². The van der Waals surface area contributed by atoms with E-state index in [2.05, 4.69) is 40.9 Å². The van der Waals surface area contributed by atoms with Gasteiger partial charge in [0.1, 0.15) is 0 Å². The molecule has 2 rings (SSSR count). The van der Waals surface area contributed by atoms with E-state index < -0.39 is 0 Å².